The van der Waals surface area contributed by atoms with Gasteiger partial charge in [-0.15, -0.1) is 0 Å². The van der Waals surface area contributed by atoms with Gasteiger partial charge in [0.2, 0.25) is 0 Å². The van der Waals surface area contributed by atoms with Crippen molar-refractivity contribution in [1.29, 1.82) is 0 Å². The molecule has 1 aromatic rings. The summed E-state index contributed by atoms with van der Waals surface area (Å²) >= 11 is 0. The number of nitrogens with zero attached hydrogens (tertiary/aromatic N) is 1. The monoisotopic (exact) mass is 314 g/mol. The SMILES string of the molecule is CC.CC1=C2C(=[N+](C[Si](C)(C)C)CCc3ccccc32)CC1. The van der Waals surface area contributed by atoms with Crippen LogP contribution in [0, 0.1) is 0 Å². The summed E-state index contributed by atoms with van der Waals surface area (Å²) in [6.07, 6.45) is 5.00. The van der Waals surface area contributed by atoms with Gasteiger partial charge in [-0.1, -0.05) is 63.3 Å². The Labute approximate surface area is 137 Å². The molecule has 2 aliphatic rings. The topological polar surface area (TPSA) is 3.01 Å². The fourth-order valence-corrected chi connectivity index (χ4v) is 5.12. The lowest BCUT2D eigenvalue weighted by atomic mass is 9.96. The number of allylic oxidation sites excluding steroid dienone is 2. The van der Waals surface area contributed by atoms with Crippen molar-refractivity contribution in [2.45, 2.75) is 59.7 Å². The fraction of sp³-hybridized carbons (Fsp3) is 0.550. The molecule has 0 atom stereocenters. The van der Waals surface area contributed by atoms with E-state index in [1.54, 1.807) is 22.4 Å². The Hall–Kier alpha value is -1.15. The maximum absolute atomic E-state index is 2.72. The highest BCUT2D eigenvalue weighted by Gasteiger charge is 2.34. The average Bonchev–Trinajstić information content (AvgIpc) is 2.79. The predicted octanol–water partition coefficient (Wildman–Crippen LogP) is 5.17. The molecule has 1 aliphatic carbocycles. The van der Waals surface area contributed by atoms with Gasteiger partial charge >= 0.3 is 0 Å². The molecule has 0 saturated carbocycles. The molecular formula is C20H32NSi+. The van der Waals surface area contributed by atoms with E-state index in [9.17, 15) is 0 Å². The molecular weight excluding hydrogens is 282 g/mol. The van der Waals surface area contributed by atoms with E-state index in [0.29, 0.717) is 0 Å². The molecule has 1 aromatic carbocycles. The maximum atomic E-state index is 2.72. The number of fused-ring (bicyclic) bond motifs is 3. The molecule has 0 fully saturated rings. The lowest BCUT2D eigenvalue weighted by Crippen LogP contribution is -2.38. The zero-order chi connectivity index (χ0) is 16.3. The molecule has 3 rings (SSSR count). The molecule has 22 heavy (non-hydrogen) atoms. The van der Waals surface area contributed by atoms with E-state index in [4.69, 9.17) is 0 Å². The second kappa shape index (κ2) is 6.95. The molecule has 0 radical (unpaired) electrons. The number of rotatable bonds is 2. The minimum Gasteiger partial charge on any atom is -0.237 e. The van der Waals surface area contributed by atoms with Crippen LogP contribution < -0.4 is 0 Å². The highest BCUT2D eigenvalue weighted by molar-refractivity contribution is 6.76. The molecule has 0 spiro atoms. The first-order valence-electron chi connectivity index (χ1n) is 8.85. The van der Waals surface area contributed by atoms with Gasteiger partial charge in [0.15, 0.2) is 5.71 Å². The summed E-state index contributed by atoms with van der Waals surface area (Å²) in [6.45, 7) is 15.0. The molecule has 1 nitrogen and oxygen atoms in total. The third-order valence-electron chi connectivity index (χ3n) is 4.44. The Morgan fingerprint density at radius 3 is 2.36 bits per heavy atom. The van der Waals surface area contributed by atoms with Gasteiger partial charge in [0.1, 0.15) is 20.8 Å². The van der Waals surface area contributed by atoms with Crippen LogP contribution in [-0.2, 0) is 6.42 Å². The molecule has 2 heteroatoms. The largest absolute Gasteiger partial charge is 0.237 e. The quantitative estimate of drug-likeness (QED) is 0.523. The van der Waals surface area contributed by atoms with E-state index in [1.807, 2.05) is 13.8 Å². The van der Waals surface area contributed by atoms with Gasteiger partial charge in [-0.25, -0.2) is 4.58 Å². The van der Waals surface area contributed by atoms with E-state index in [2.05, 4.69) is 55.4 Å². The lowest BCUT2D eigenvalue weighted by Gasteiger charge is -2.15. The van der Waals surface area contributed by atoms with Crippen molar-refractivity contribution in [3.63, 3.8) is 0 Å². The predicted molar refractivity (Wildman–Crippen MR) is 102 cm³/mol. The normalized spacial score (nSPS) is 17.5. The third-order valence-corrected chi connectivity index (χ3v) is 5.77. The summed E-state index contributed by atoms with van der Waals surface area (Å²) in [4.78, 5) is 0. The molecule has 0 amide bonds. The molecule has 1 aliphatic heterocycles. The number of hydrogen-bond acceptors (Lipinski definition) is 0. The Morgan fingerprint density at radius 1 is 1.00 bits per heavy atom. The van der Waals surface area contributed by atoms with Crippen LogP contribution in [0.25, 0.3) is 5.57 Å². The van der Waals surface area contributed by atoms with Crippen LogP contribution in [0.1, 0.15) is 44.7 Å². The minimum absolute atomic E-state index is 1.07. The summed E-state index contributed by atoms with van der Waals surface area (Å²) in [6, 6.07) is 9.04. The first-order chi connectivity index (χ1) is 10.5. The van der Waals surface area contributed by atoms with Gasteiger partial charge in [0.25, 0.3) is 0 Å². The first kappa shape index (κ1) is 17.2. The molecule has 120 valence electrons. The van der Waals surface area contributed by atoms with Crippen LogP contribution in [-0.4, -0.2) is 31.1 Å². The summed E-state index contributed by atoms with van der Waals surface area (Å²) < 4.78 is 2.72. The Kier molecular flexibility index (Phi) is 5.44. The summed E-state index contributed by atoms with van der Waals surface area (Å²) in [5.41, 5.74) is 7.86. The van der Waals surface area contributed by atoms with Crippen LogP contribution in [0.2, 0.25) is 19.6 Å². The van der Waals surface area contributed by atoms with Crippen molar-refractivity contribution in [2.24, 2.45) is 0 Å². The van der Waals surface area contributed by atoms with E-state index in [-0.39, 0.29) is 0 Å². The van der Waals surface area contributed by atoms with Gasteiger partial charge in [-0.05, 0) is 24.5 Å². The lowest BCUT2D eigenvalue weighted by molar-refractivity contribution is -0.510. The van der Waals surface area contributed by atoms with Crippen molar-refractivity contribution in [3.05, 3.63) is 41.0 Å². The van der Waals surface area contributed by atoms with Gasteiger partial charge in [0.05, 0.1) is 0 Å². The number of hydrogen-bond donors (Lipinski definition) is 0. The highest BCUT2D eigenvalue weighted by atomic mass is 28.3. The Morgan fingerprint density at radius 2 is 1.68 bits per heavy atom. The second-order valence-electron chi connectivity index (χ2n) is 7.49. The standard InChI is InChI=1S/C18H26NSi.C2H6/c1-14-9-10-17-18(14)16-8-6-5-7-15(16)11-12-19(17)13-20(2,3)4;1-2/h5-8H,9-13H2,1-4H3;1-2H3/q+1;. The summed E-state index contributed by atoms with van der Waals surface area (Å²) in [5, 5.41) is 0. The Bertz CT molecular complexity index is 602. The van der Waals surface area contributed by atoms with Crippen LogP contribution in [0.5, 0.6) is 0 Å². The van der Waals surface area contributed by atoms with Crippen molar-refractivity contribution in [2.75, 3.05) is 12.7 Å². The molecule has 0 bridgehead atoms. The second-order valence-corrected chi connectivity index (χ2v) is 12.9. The van der Waals surface area contributed by atoms with Crippen LogP contribution in [0.4, 0.5) is 0 Å². The van der Waals surface area contributed by atoms with Gasteiger partial charge in [-0.3, -0.25) is 0 Å². The first-order valence-corrected chi connectivity index (χ1v) is 12.6. The maximum Gasteiger partial charge on any atom is 0.183 e. The average molecular weight is 315 g/mol. The zero-order valence-electron chi connectivity index (χ0n) is 15.3. The molecule has 0 aromatic heterocycles. The van der Waals surface area contributed by atoms with Crippen LogP contribution in [0.15, 0.2) is 29.8 Å². The highest BCUT2D eigenvalue weighted by Crippen LogP contribution is 2.35. The van der Waals surface area contributed by atoms with E-state index in [1.165, 1.54) is 37.5 Å². The third kappa shape index (κ3) is 3.60. The van der Waals surface area contributed by atoms with E-state index in [0.717, 1.165) is 0 Å². The van der Waals surface area contributed by atoms with Gasteiger partial charge < -0.3 is 0 Å². The summed E-state index contributed by atoms with van der Waals surface area (Å²) in [5.74, 6) is 0. The molecule has 0 N–H and O–H groups in total. The van der Waals surface area contributed by atoms with Crippen molar-refractivity contribution >= 4 is 19.4 Å². The van der Waals surface area contributed by atoms with Crippen LogP contribution in [0.3, 0.4) is 0 Å². The van der Waals surface area contributed by atoms with Gasteiger partial charge in [0, 0.05) is 18.4 Å². The Balaban J connectivity index is 0.000000847. The van der Waals surface area contributed by atoms with Crippen molar-refractivity contribution in [1.82, 2.24) is 0 Å². The summed E-state index contributed by atoms with van der Waals surface area (Å²) in [7, 11) is -1.07. The minimum atomic E-state index is -1.07. The number of benzene rings is 1. The van der Waals surface area contributed by atoms with Crippen molar-refractivity contribution in [3.8, 4) is 0 Å². The smallest absolute Gasteiger partial charge is 0.183 e. The van der Waals surface area contributed by atoms with E-state index >= 15 is 0 Å². The molecule has 0 saturated heterocycles. The van der Waals surface area contributed by atoms with Crippen LogP contribution >= 0.6 is 0 Å². The van der Waals surface area contributed by atoms with E-state index < -0.39 is 8.07 Å². The fourth-order valence-electron chi connectivity index (χ4n) is 3.62. The molecule has 1 heterocycles. The van der Waals surface area contributed by atoms with Gasteiger partial charge in [-0.2, -0.15) is 0 Å². The molecule has 0 unspecified atom stereocenters. The van der Waals surface area contributed by atoms with Crippen molar-refractivity contribution < 1.29 is 4.58 Å². The zero-order valence-corrected chi connectivity index (χ0v) is 16.3.